The van der Waals surface area contributed by atoms with Crippen LogP contribution in [0, 0.1) is 0 Å². The highest BCUT2D eigenvalue weighted by atomic mass is 16.5. The Morgan fingerprint density at radius 2 is 1.68 bits per heavy atom. The van der Waals surface area contributed by atoms with Gasteiger partial charge in [-0.05, 0) is 61.2 Å². The minimum absolute atomic E-state index is 0.0282. The maximum atomic E-state index is 13.1. The Kier molecular flexibility index (Phi) is 6.69. The first kappa shape index (κ1) is 24.0. The number of fused-ring (bicyclic) bond motifs is 2. The highest BCUT2D eigenvalue weighted by molar-refractivity contribution is 5.96. The summed E-state index contributed by atoms with van der Waals surface area (Å²) >= 11 is 0. The summed E-state index contributed by atoms with van der Waals surface area (Å²) in [6.45, 7) is 4.57. The second kappa shape index (κ2) is 10.6. The Bertz CT molecular complexity index is 1570. The predicted molar refractivity (Wildman–Crippen MR) is 151 cm³/mol. The average molecular weight is 506 g/mol. The van der Waals surface area contributed by atoms with Gasteiger partial charge in [0.15, 0.2) is 0 Å². The Hall–Kier alpha value is -4.32. The van der Waals surface area contributed by atoms with Gasteiger partial charge in [-0.2, -0.15) is 0 Å². The van der Waals surface area contributed by atoms with Gasteiger partial charge < -0.3 is 18.9 Å². The van der Waals surface area contributed by atoms with Crippen LogP contribution in [-0.4, -0.2) is 35.2 Å². The zero-order valence-electron chi connectivity index (χ0n) is 21.5. The van der Waals surface area contributed by atoms with Crippen molar-refractivity contribution in [3.8, 4) is 11.5 Å². The second-order valence-corrected chi connectivity index (χ2v) is 9.62. The third kappa shape index (κ3) is 4.70. The minimum Gasteiger partial charge on any atom is -0.494 e. The van der Waals surface area contributed by atoms with Crippen LogP contribution < -0.4 is 14.4 Å². The van der Waals surface area contributed by atoms with Crippen molar-refractivity contribution < 1.29 is 14.3 Å². The molecule has 0 N–H and O–H groups in total. The van der Waals surface area contributed by atoms with E-state index in [0.29, 0.717) is 26.2 Å². The van der Waals surface area contributed by atoms with Crippen molar-refractivity contribution in [2.45, 2.75) is 32.2 Å². The van der Waals surface area contributed by atoms with E-state index in [0.717, 1.165) is 52.4 Å². The molecule has 0 saturated carbocycles. The number of carbonyl (C=O) groups is 1. The zero-order valence-corrected chi connectivity index (χ0v) is 21.5. The van der Waals surface area contributed by atoms with Gasteiger partial charge in [0.25, 0.3) is 0 Å². The van der Waals surface area contributed by atoms with Crippen molar-refractivity contribution >= 4 is 33.4 Å². The first-order chi connectivity index (χ1) is 18.7. The second-order valence-electron chi connectivity index (χ2n) is 9.62. The molecule has 1 fully saturated rings. The van der Waals surface area contributed by atoms with Crippen molar-refractivity contribution in [3.63, 3.8) is 0 Å². The van der Waals surface area contributed by atoms with Crippen LogP contribution in [0.1, 0.15) is 31.5 Å². The molecule has 0 spiro atoms. The van der Waals surface area contributed by atoms with E-state index in [9.17, 15) is 4.79 Å². The molecule has 6 rings (SSSR count). The first-order valence-corrected chi connectivity index (χ1v) is 13.3. The summed E-state index contributed by atoms with van der Waals surface area (Å²) in [5, 5.41) is 2.30. The molecule has 2 heterocycles. The van der Waals surface area contributed by atoms with Crippen LogP contribution in [0.5, 0.6) is 11.5 Å². The molecule has 38 heavy (non-hydrogen) atoms. The number of aryl methyl sites for hydroxylation is 1. The van der Waals surface area contributed by atoms with Gasteiger partial charge in [0.1, 0.15) is 17.3 Å². The lowest BCUT2D eigenvalue weighted by molar-refractivity contribution is -0.117. The normalized spacial score (nSPS) is 15.4. The van der Waals surface area contributed by atoms with Crippen LogP contribution in [0.2, 0.25) is 0 Å². The quantitative estimate of drug-likeness (QED) is 0.212. The summed E-state index contributed by atoms with van der Waals surface area (Å²) < 4.78 is 14.0. The minimum atomic E-state index is 0.0282. The van der Waals surface area contributed by atoms with Crippen LogP contribution in [0.15, 0.2) is 91.0 Å². The van der Waals surface area contributed by atoms with Gasteiger partial charge in [0, 0.05) is 36.5 Å². The van der Waals surface area contributed by atoms with E-state index in [4.69, 9.17) is 14.5 Å². The lowest BCUT2D eigenvalue weighted by Crippen LogP contribution is -2.24. The van der Waals surface area contributed by atoms with Crippen LogP contribution >= 0.6 is 0 Å². The monoisotopic (exact) mass is 505 g/mol. The summed E-state index contributed by atoms with van der Waals surface area (Å²) in [4.78, 5) is 19.9. The highest BCUT2D eigenvalue weighted by Crippen LogP contribution is 2.34. The molecule has 5 aromatic rings. The number of ether oxygens (including phenoxy) is 2. The Labute approximate surface area is 222 Å². The lowest BCUT2D eigenvalue weighted by atomic mass is 10.1. The van der Waals surface area contributed by atoms with Crippen LogP contribution in [0.25, 0.3) is 21.8 Å². The van der Waals surface area contributed by atoms with Gasteiger partial charge >= 0.3 is 0 Å². The Morgan fingerprint density at radius 3 is 2.55 bits per heavy atom. The summed E-state index contributed by atoms with van der Waals surface area (Å²) in [6, 6.07) is 30.4. The van der Waals surface area contributed by atoms with Crippen LogP contribution in [0.4, 0.5) is 5.69 Å². The van der Waals surface area contributed by atoms with Gasteiger partial charge in [0.05, 0.1) is 24.2 Å². The van der Waals surface area contributed by atoms with Gasteiger partial charge in [-0.1, -0.05) is 48.5 Å². The van der Waals surface area contributed by atoms with E-state index in [1.165, 1.54) is 5.39 Å². The van der Waals surface area contributed by atoms with E-state index < -0.39 is 0 Å². The topological polar surface area (TPSA) is 56.6 Å². The number of hydrogen-bond donors (Lipinski definition) is 0. The van der Waals surface area contributed by atoms with Crippen molar-refractivity contribution in [3.05, 3.63) is 96.8 Å². The van der Waals surface area contributed by atoms with Gasteiger partial charge in [0.2, 0.25) is 5.91 Å². The number of hydrogen-bond acceptors (Lipinski definition) is 4. The number of imidazole rings is 1. The van der Waals surface area contributed by atoms with Crippen molar-refractivity contribution in [2.75, 3.05) is 24.7 Å². The van der Waals surface area contributed by atoms with Gasteiger partial charge in [-0.25, -0.2) is 4.98 Å². The lowest BCUT2D eigenvalue weighted by Gasteiger charge is -2.18. The first-order valence-electron chi connectivity index (χ1n) is 13.3. The summed E-state index contributed by atoms with van der Waals surface area (Å²) in [5.41, 5.74) is 2.95. The maximum Gasteiger partial charge on any atom is 0.227 e. The maximum absolute atomic E-state index is 13.1. The van der Waals surface area contributed by atoms with Crippen LogP contribution in [-0.2, 0) is 11.3 Å². The Balaban J connectivity index is 1.19. The fraction of sp³-hybridized carbons (Fsp3) is 0.250. The van der Waals surface area contributed by atoms with Crippen molar-refractivity contribution in [1.82, 2.24) is 9.55 Å². The molecule has 1 aromatic heterocycles. The zero-order chi connectivity index (χ0) is 25.9. The predicted octanol–water partition coefficient (Wildman–Crippen LogP) is 6.58. The summed E-state index contributed by atoms with van der Waals surface area (Å²) in [6.07, 6.45) is 1.28. The summed E-state index contributed by atoms with van der Waals surface area (Å²) in [7, 11) is 0. The molecule has 1 aliphatic heterocycles. The standard InChI is InChI=1S/C32H31N3O3/c1-2-37-26-17-15-25(16-18-26)35-22-24(21-31(35)36)32-33-28-12-5-6-13-29(28)34(32)19-8-20-38-30-14-7-10-23-9-3-4-11-27(23)30/h3-7,9-18,24H,2,8,19-22H2,1H3. The van der Waals surface area contributed by atoms with Crippen molar-refractivity contribution in [2.24, 2.45) is 0 Å². The number of anilines is 1. The fourth-order valence-electron chi connectivity index (χ4n) is 5.39. The third-order valence-electron chi connectivity index (χ3n) is 7.17. The number of rotatable bonds is 9. The largest absolute Gasteiger partial charge is 0.494 e. The third-order valence-corrected chi connectivity index (χ3v) is 7.17. The molecule has 0 aliphatic carbocycles. The molecular weight excluding hydrogens is 474 g/mol. The average Bonchev–Trinajstić information content (AvgIpc) is 3.52. The molecule has 1 saturated heterocycles. The highest BCUT2D eigenvalue weighted by Gasteiger charge is 2.34. The molecule has 4 aromatic carbocycles. The number of benzene rings is 4. The number of para-hydroxylation sites is 2. The molecule has 1 aliphatic rings. The molecule has 1 amide bonds. The molecule has 0 bridgehead atoms. The number of nitrogens with zero attached hydrogens (tertiary/aromatic N) is 3. The molecule has 6 nitrogen and oxygen atoms in total. The number of aromatic nitrogens is 2. The van der Waals surface area contributed by atoms with E-state index in [-0.39, 0.29) is 11.8 Å². The SMILES string of the molecule is CCOc1ccc(N2CC(c3nc4ccccc4n3CCCOc3cccc4ccccc34)CC2=O)cc1. The van der Waals surface area contributed by atoms with E-state index in [1.807, 2.05) is 78.6 Å². The smallest absolute Gasteiger partial charge is 0.227 e. The molecule has 192 valence electrons. The summed E-state index contributed by atoms with van der Waals surface area (Å²) in [5.74, 6) is 2.84. The van der Waals surface area contributed by atoms with Gasteiger partial charge in [-0.15, -0.1) is 0 Å². The molecule has 1 atom stereocenters. The van der Waals surface area contributed by atoms with Gasteiger partial charge in [-0.3, -0.25) is 4.79 Å². The van der Waals surface area contributed by atoms with E-state index >= 15 is 0 Å². The molecular formula is C32H31N3O3. The van der Waals surface area contributed by atoms with Crippen LogP contribution in [0.3, 0.4) is 0 Å². The fourth-order valence-corrected chi connectivity index (χ4v) is 5.39. The molecule has 1 unspecified atom stereocenters. The number of amides is 1. The van der Waals surface area contributed by atoms with E-state index in [1.54, 1.807) is 0 Å². The number of carbonyl (C=O) groups excluding carboxylic acids is 1. The molecule has 6 heteroatoms. The van der Waals surface area contributed by atoms with E-state index in [2.05, 4.69) is 28.8 Å². The van der Waals surface area contributed by atoms with Crippen molar-refractivity contribution in [1.29, 1.82) is 0 Å². The molecule has 0 radical (unpaired) electrons. The Morgan fingerprint density at radius 1 is 0.895 bits per heavy atom.